The number of ether oxygens (including phenoxy) is 1. The summed E-state index contributed by atoms with van der Waals surface area (Å²) in [4.78, 5) is 16.2. The molecule has 2 N–H and O–H groups in total. The van der Waals surface area contributed by atoms with Crippen molar-refractivity contribution in [3.05, 3.63) is 35.0 Å². The number of carbonyl (C=O) groups is 1. The molecule has 3 atom stereocenters. The smallest absolute Gasteiger partial charge is 0.407 e. The molecule has 1 aromatic rings. The second-order valence-electron chi connectivity index (χ2n) is 5.37. The van der Waals surface area contributed by atoms with Crippen LogP contribution < -0.4 is 4.72 Å². The fourth-order valence-electron chi connectivity index (χ4n) is 2.25. The second-order valence-corrected chi connectivity index (χ2v) is 7.09. The third-order valence-electron chi connectivity index (χ3n) is 3.57. The first kappa shape index (κ1) is 18.2. The van der Waals surface area contributed by atoms with Crippen LogP contribution in [0.2, 0.25) is 0 Å². The van der Waals surface area contributed by atoms with Crippen LogP contribution in [0, 0.1) is 12.1 Å². The number of nitrogens with one attached hydrogen (secondary N) is 1. The van der Waals surface area contributed by atoms with Gasteiger partial charge in [0.05, 0.1) is 16.9 Å². The van der Waals surface area contributed by atoms with Crippen molar-refractivity contribution in [3.63, 3.8) is 0 Å². The van der Waals surface area contributed by atoms with Crippen molar-refractivity contribution in [3.8, 4) is 0 Å². The molecule has 0 saturated heterocycles. The van der Waals surface area contributed by atoms with Gasteiger partial charge in [0.15, 0.2) is 6.10 Å². The molecule has 0 spiro atoms. The number of nitrogens with zero attached hydrogens (tertiary/aromatic N) is 1. The Morgan fingerprint density at radius 1 is 1.42 bits per heavy atom. The van der Waals surface area contributed by atoms with Crippen LogP contribution >= 0.6 is 0 Å². The molecule has 0 amide bonds. The molecule has 1 heterocycles. The van der Waals surface area contributed by atoms with E-state index < -0.39 is 40.0 Å². The molecule has 24 heavy (non-hydrogen) atoms. The van der Waals surface area contributed by atoms with E-state index in [2.05, 4.69) is 9.46 Å². The molecule has 9 nitrogen and oxygen atoms in total. The lowest BCUT2D eigenvalue weighted by Gasteiger charge is -2.23. The highest BCUT2D eigenvalue weighted by atomic mass is 32.2. The van der Waals surface area contributed by atoms with Gasteiger partial charge in [0, 0.05) is 6.04 Å². The molecule has 0 radical (unpaired) electrons. The lowest BCUT2D eigenvalue weighted by Crippen LogP contribution is -2.48. The third kappa shape index (κ3) is 3.50. The largest absolute Gasteiger partial charge is 0.461 e. The standard InChI is InChI=1S/C14H18N2O7S/c1-8-4-6-10(7-5-8)24(20,21)15-9(2)13-12(17)11(14(18)22-3)16(19)23-13/h4-7,9,12-13,15,17H,1-3H3/t9-,12-,13+/m0/s1. The molecule has 0 aliphatic carbocycles. The van der Waals surface area contributed by atoms with E-state index >= 15 is 0 Å². The number of esters is 1. The normalized spacial score (nSPS) is 22.2. The van der Waals surface area contributed by atoms with Crippen molar-refractivity contribution in [2.45, 2.75) is 37.0 Å². The highest BCUT2D eigenvalue weighted by Crippen LogP contribution is 2.18. The van der Waals surface area contributed by atoms with Gasteiger partial charge in [-0.3, -0.25) is 5.21 Å². The van der Waals surface area contributed by atoms with Crippen LogP contribution in [-0.2, 0) is 24.4 Å². The molecule has 0 unspecified atom stereocenters. The molecule has 1 aliphatic rings. The Kier molecular flexibility index (Phi) is 5.11. The zero-order valence-corrected chi connectivity index (χ0v) is 14.1. The molecular formula is C14H18N2O7S. The number of aliphatic hydroxyl groups is 1. The minimum Gasteiger partial charge on any atom is -0.461 e. The van der Waals surface area contributed by atoms with E-state index in [-0.39, 0.29) is 9.80 Å². The van der Waals surface area contributed by atoms with Crippen molar-refractivity contribution in [2.75, 3.05) is 7.11 Å². The number of benzene rings is 1. The van der Waals surface area contributed by atoms with Gasteiger partial charge in [0.1, 0.15) is 6.10 Å². The van der Waals surface area contributed by atoms with E-state index in [0.29, 0.717) is 0 Å². The summed E-state index contributed by atoms with van der Waals surface area (Å²) in [5.41, 5.74) is 0.264. The number of carbonyl (C=O) groups excluding carboxylic acids is 1. The topological polar surface area (TPSA) is 128 Å². The van der Waals surface area contributed by atoms with E-state index in [4.69, 9.17) is 4.84 Å². The van der Waals surface area contributed by atoms with Crippen molar-refractivity contribution >= 4 is 21.7 Å². The number of rotatable bonds is 5. The summed E-state index contributed by atoms with van der Waals surface area (Å²) in [5, 5.41) is 21.6. The zero-order chi connectivity index (χ0) is 18.1. The lowest BCUT2D eigenvalue weighted by atomic mass is 10.0. The van der Waals surface area contributed by atoms with Gasteiger partial charge >= 0.3 is 11.7 Å². The molecule has 2 rings (SSSR count). The Bertz CT molecular complexity index is 758. The van der Waals surface area contributed by atoms with Crippen LogP contribution in [0.1, 0.15) is 12.5 Å². The minimum atomic E-state index is -3.89. The van der Waals surface area contributed by atoms with Crippen molar-refractivity contribution in [1.29, 1.82) is 0 Å². The van der Waals surface area contributed by atoms with Crippen LogP contribution in [0.4, 0.5) is 0 Å². The average molecular weight is 358 g/mol. The van der Waals surface area contributed by atoms with E-state index in [1.165, 1.54) is 19.1 Å². The van der Waals surface area contributed by atoms with E-state index in [0.717, 1.165) is 12.7 Å². The Morgan fingerprint density at radius 2 is 2.00 bits per heavy atom. The summed E-state index contributed by atoms with van der Waals surface area (Å²) < 4.78 is 31.4. The van der Waals surface area contributed by atoms with E-state index in [1.807, 2.05) is 6.92 Å². The van der Waals surface area contributed by atoms with Gasteiger partial charge in [-0.25, -0.2) is 17.9 Å². The predicted molar refractivity (Wildman–Crippen MR) is 82.5 cm³/mol. The molecule has 0 bridgehead atoms. The number of aliphatic hydroxyl groups excluding tert-OH is 1. The first-order valence-corrected chi connectivity index (χ1v) is 8.52. The van der Waals surface area contributed by atoms with Gasteiger partial charge in [-0.1, -0.05) is 17.7 Å². The quantitative estimate of drug-likeness (QED) is 0.534. The molecule has 10 heteroatoms. The van der Waals surface area contributed by atoms with Gasteiger partial charge in [-0.2, -0.15) is 0 Å². The first-order valence-electron chi connectivity index (χ1n) is 7.03. The summed E-state index contributed by atoms with van der Waals surface area (Å²) in [5.74, 6) is -1.05. The Balaban J connectivity index is 2.15. The maximum atomic E-state index is 12.3. The van der Waals surface area contributed by atoms with E-state index in [9.17, 15) is 23.5 Å². The van der Waals surface area contributed by atoms with Crippen molar-refractivity contribution in [2.24, 2.45) is 0 Å². The number of sulfonamides is 1. The zero-order valence-electron chi connectivity index (χ0n) is 13.3. The van der Waals surface area contributed by atoms with Crippen LogP contribution in [0.25, 0.3) is 0 Å². The van der Waals surface area contributed by atoms with Crippen LogP contribution in [0.3, 0.4) is 0 Å². The highest BCUT2D eigenvalue weighted by Gasteiger charge is 2.47. The summed E-state index contributed by atoms with van der Waals surface area (Å²) in [6, 6.07) is 5.17. The molecule has 1 aliphatic heterocycles. The monoisotopic (exact) mass is 358 g/mol. The Labute approximate surface area is 139 Å². The highest BCUT2D eigenvalue weighted by molar-refractivity contribution is 7.89. The minimum absolute atomic E-state index is 0.0311. The van der Waals surface area contributed by atoms with Crippen LogP contribution in [0.15, 0.2) is 29.2 Å². The van der Waals surface area contributed by atoms with Crippen LogP contribution in [-0.4, -0.2) is 55.5 Å². The number of hydrogen-bond donors (Lipinski definition) is 2. The van der Waals surface area contributed by atoms with E-state index in [1.54, 1.807) is 12.1 Å². The predicted octanol–water partition coefficient (Wildman–Crippen LogP) is -0.539. The summed E-state index contributed by atoms with van der Waals surface area (Å²) >= 11 is 0. The maximum absolute atomic E-state index is 12.3. The van der Waals surface area contributed by atoms with Gasteiger partial charge in [-0.15, -0.1) is 0 Å². The summed E-state index contributed by atoms with van der Waals surface area (Å²) in [7, 11) is -2.84. The molecule has 0 aromatic heterocycles. The van der Waals surface area contributed by atoms with Gasteiger partial charge in [0.2, 0.25) is 10.0 Å². The molecule has 132 valence electrons. The third-order valence-corrected chi connectivity index (χ3v) is 5.14. The number of methoxy groups -OCH3 is 1. The molecule has 1 aromatic carbocycles. The van der Waals surface area contributed by atoms with Gasteiger partial charge < -0.3 is 14.7 Å². The Hall–Kier alpha value is -2.17. The summed E-state index contributed by atoms with van der Waals surface area (Å²) in [6.07, 6.45) is -2.89. The van der Waals surface area contributed by atoms with Crippen LogP contribution in [0.5, 0.6) is 0 Å². The molecule has 0 saturated carbocycles. The fourth-order valence-corrected chi connectivity index (χ4v) is 3.50. The molecular weight excluding hydrogens is 340 g/mol. The SMILES string of the molecule is COC(=O)C1=[N+]([O-])O[C@H]([C@H](C)NS(=O)(=O)c2ccc(C)cc2)[C@H]1O. The lowest BCUT2D eigenvalue weighted by molar-refractivity contribution is -0.741. The van der Waals surface area contributed by atoms with Gasteiger partial charge in [0.25, 0.3) is 0 Å². The van der Waals surface area contributed by atoms with Gasteiger partial charge in [-0.05, 0) is 26.0 Å². The fraction of sp³-hybridized carbons (Fsp3) is 0.429. The van der Waals surface area contributed by atoms with Crippen molar-refractivity contribution < 1.29 is 32.8 Å². The summed E-state index contributed by atoms with van der Waals surface area (Å²) in [6.45, 7) is 3.23. The maximum Gasteiger partial charge on any atom is 0.407 e. The van der Waals surface area contributed by atoms with Crippen molar-refractivity contribution in [1.82, 2.24) is 4.72 Å². The Morgan fingerprint density at radius 3 is 2.54 bits per heavy atom. The first-order chi connectivity index (χ1) is 11.2. The second kappa shape index (κ2) is 6.75. The average Bonchev–Trinajstić information content (AvgIpc) is 2.81. The number of hydrogen-bond acceptors (Lipinski definition) is 7. The molecule has 0 fully saturated rings. The number of aryl methyl sites for hydroxylation is 1.